The van der Waals surface area contributed by atoms with Crippen LogP contribution in [-0.4, -0.2) is 104 Å². The second-order valence-electron chi connectivity index (χ2n) is 20.0. The highest BCUT2D eigenvalue weighted by Crippen LogP contribution is 2.40. The van der Waals surface area contributed by atoms with E-state index in [9.17, 15) is 14.0 Å². The number of carbonyl (C=O) groups is 2. The number of anilines is 3. The second kappa shape index (κ2) is 35.4. The molecule has 91 heavy (non-hydrogen) atoms. The zero-order valence-corrected chi connectivity index (χ0v) is 56.6. The summed E-state index contributed by atoms with van der Waals surface area (Å²) in [6, 6.07) is 22.4. The van der Waals surface area contributed by atoms with Crippen LogP contribution in [0.4, 0.5) is 21.8 Å². The van der Waals surface area contributed by atoms with Crippen LogP contribution in [-0.2, 0) is 47.0 Å². The van der Waals surface area contributed by atoms with E-state index >= 15 is 0 Å². The van der Waals surface area contributed by atoms with Crippen molar-refractivity contribution >= 4 is 86.6 Å². The van der Waals surface area contributed by atoms with E-state index in [1.165, 1.54) is 49.4 Å². The third kappa shape index (κ3) is 21.2. The van der Waals surface area contributed by atoms with E-state index in [4.69, 9.17) is 65.3 Å². The molecule has 0 radical (unpaired) electrons. The molecule has 9 aromatic rings. The summed E-state index contributed by atoms with van der Waals surface area (Å²) in [6.07, 6.45) is 5.85. The van der Waals surface area contributed by atoms with E-state index in [0.717, 1.165) is 101 Å². The highest BCUT2D eigenvalue weighted by Gasteiger charge is 2.19. The fraction of sp³-hybridized carbons (Fsp3) is 0.359. The molecule has 0 saturated heterocycles. The number of alkyl halides is 1. The molecular formula is C64H75FN12O9S5. The molecule has 3 aromatic carbocycles. The van der Waals surface area contributed by atoms with Crippen molar-refractivity contribution in [2.45, 2.75) is 115 Å². The molecule has 21 nitrogen and oxygen atoms in total. The van der Waals surface area contributed by atoms with Gasteiger partial charge in [-0.25, -0.2) is 44.3 Å². The number of rotatable bonds is 30. The average molecular weight is 1340 g/mol. The number of thioether (sulfide) groups is 2. The van der Waals surface area contributed by atoms with Crippen LogP contribution >= 0.6 is 57.5 Å². The molecule has 6 N–H and O–H groups in total. The van der Waals surface area contributed by atoms with Crippen molar-refractivity contribution in [2.24, 2.45) is 0 Å². The van der Waals surface area contributed by atoms with Gasteiger partial charge < -0.3 is 50.4 Å². The van der Waals surface area contributed by atoms with Crippen molar-refractivity contribution < 1.29 is 47.1 Å². The number of methoxy groups -OCH3 is 3. The van der Waals surface area contributed by atoms with Gasteiger partial charge in [-0.05, 0) is 114 Å². The number of aryl methyl sites for hydroxylation is 3. The van der Waals surface area contributed by atoms with Gasteiger partial charge in [0.1, 0.15) is 63.9 Å². The molecule has 27 heteroatoms. The van der Waals surface area contributed by atoms with Crippen molar-refractivity contribution in [3.8, 4) is 72.2 Å². The van der Waals surface area contributed by atoms with Crippen LogP contribution < -0.4 is 50.4 Å². The van der Waals surface area contributed by atoms with Crippen molar-refractivity contribution in [3.05, 3.63) is 122 Å². The molecule has 0 fully saturated rings. The fourth-order valence-corrected chi connectivity index (χ4v) is 13.3. The smallest absolute Gasteiger partial charge is 0.318 e. The van der Waals surface area contributed by atoms with Crippen LogP contribution in [0.5, 0.6) is 40.5 Å². The monoisotopic (exact) mass is 1330 g/mol. The largest absolute Gasteiger partial charge is 0.493 e. The lowest BCUT2D eigenvalue weighted by atomic mass is 10.1. The summed E-state index contributed by atoms with van der Waals surface area (Å²) in [6.45, 7) is 14.3. The lowest BCUT2D eigenvalue weighted by molar-refractivity contribution is -0.117. The fourth-order valence-electron chi connectivity index (χ4n) is 8.39. The summed E-state index contributed by atoms with van der Waals surface area (Å²) >= 11 is 7.76. The van der Waals surface area contributed by atoms with Crippen LogP contribution in [0.15, 0.2) is 89.3 Å². The van der Waals surface area contributed by atoms with E-state index in [1.807, 2.05) is 56.3 Å². The van der Waals surface area contributed by atoms with Crippen LogP contribution in [0, 0.1) is 13.8 Å². The molecule has 0 saturated carbocycles. The zero-order chi connectivity index (χ0) is 65.4. The number of ether oxygens (including phenoxy) is 7. The number of halogens is 1. The minimum absolute atomic E-state index is 0.00207. The summed E-state index contributed by atoms with van der Waals surface area (Å²) in [4.78, 5) is 66.4. The standard InChI is InChI=1S/C24H26FN3O4S2.C21H27N5O2S2.C19H22N4O3S/c1-14(29)9-18-12-19(10-15(2)30)27-24(26-18)33-13-20-16(3)34-23(28-20)17-5-6-21(31-4)22(11-17)32-8-7-25;1-4-6-17-14(12-29-21-25-18(22)11-19(23)26-21)24-20(30-17)13-7-8-15(27-3)16(10-13)28-9-5-2;1-4-9-25-16-10-13(5-6-15(16)24-3)18-22-14(12(2)27-18)11-26-19-21-8-7-17(20)23-19/h5-6,11-12H,7-10,13H2,1-4H3;7-8,10-11H,4-6,9,12H2,1-3H3,(H4,22,23,25,26);5-8,10H,4,9,11H2,1-3H3,(H2,20,21,23). The van der Waals surface area contributed by atoms with Gasteiger partial charge in [0.2, 0.25) is 0 Å². The summed E-state index contributed by atoms with van der Waals surface area (Å²) in [5.41, 5.74) is 24.0. The lowest BCUT2D eigenvalue weighted by Crippen LogP contribution is -2.07. The summed E-state index contributed by atoms with van der Waals surface area (Å²) < 4.78 is 51.4. The number of benzene rings is 3. The molecule has 9 rings (SSSR count). The number of aromatic nitrogens is 9. The van der Waals surface area contributed by atoms with Crippen molar-refractivity contribution in [1.82, 2.24) is 44.9 Å². The number of nitrogen functional groups attached to an aromatic ring is 3. The van der Waals surface area contributed by atoms with E-state index in [-0.39, 0.29) is 43.6 Å². The topological polar surface area (TPSA) is 293 Å². The van der Waals surface area contributed by atoms with Gasteiger partial charge in [-0.3, -0.25) is 9.59 Å². The predicted octanol–water partition coefficient (Wildman–Crippen LogP) is 13.5. The number of carbonyl (C=O) groups excluding carboxylic acids is 2. The van der Waals surface area contributed by atoms with Gasteiger partial charge in [0.15, 0.2) is 44.8 Å². The van der Waals surface area contributed by atoms with Crippen LogP contribution in [0.2, 0.25) is 0 Å². The van der Waals surface area contributed by atoms with Gasteiger partial charge >= 0.3 is 6.01 Å². The number of Topliss-reactive ketones (excluding diaryl/α,β-unsaturated/α-hetero) is 2. The Hall–Kier alpha value is -8.24. The molecule has 6 aromatic heterocycles. The zero-order valence-electron chi connectivity index (χ0n) is 52.5. The third-order valence-electron chi connectivity index (χ3n) is 12.6. The van der Waals surface area contributed by atoms with Gasteiger partial charge in [-0.2, -0.15) is 4.98 Å². The predicted molar refractivity (Wildman–Crippen MR) is 360 cm³/mol. The Bertz CT molecular complexity index is 3820. The number of nitrogens with two attached hydrogens (primary N) is 3. The molecular weight excluding hydrogens is 1260 g/mol. The van der Waals surface area contributed by atoms with Gasteiger partial charge in [0.25, 0.3) is 0 Å². The summed E-state index contributed by atoms with van der Waals surface area (Å²) in [7, 11) is 4.82. The Morgan fingerprint density at radius 3 is 1.44 bits per heavy atom. The minimum atomic E-state index is -0.588. The first-order valence-electron chi connectivity index (χ1n) is 29.1. The van der Waals surface area contributed by atoms with Crippen LogP contribution in [0.25, 0.3) is 31.7 Å². The molecule has 0 aliphatic heterocycles. The van der Waals surface area contributed by atoms with Crippen molar-refractivity contribution in [2.75, 3.05) is 65.0 Å². The van der Waals surface area contributed by atoms with Gasteiger partial charge in [-0.15, -0.1) is 34.0 Å². The van der Waals surface area contributed by atoms with Crippen LogP contribution in [0.3, 0.4) is 0 Å². The van der Waals surface area contributed by atoms with Gasteiger partial charge in [0, 0.05) is 67.9 Å². The van der Waals surface area contributed by atoms with Gasteiger partial charge in [0.05, 0.1) is 63.0 Å². The molecule has 0 unspecified atom stereocenters. The first-order valence-corrected chi connectivity index (χ1v) is 33.5. The molecule has 0 amide bonds. The van der Waals surface area contributed by atoms with E-state index in [0.29, 0.717) is 81.1 Å². The van der Waals surface area contributed by atoms with E-state index in [2.05, 4.69) is 50.7 Å². The highest BCUT2D eigenvalue weighted by atomic mass is 32.2. The number of nitrogens with zero attached hydrogens (tertiary/aromatic N) is 9. The van der Waals surface area contributed by atoms with Crippen molar-refractivity contribution in [3.63, 3.8) is 0 Å². The van der Waals surface area contributed by atoms with Crippen LogP contribution in [0.1, 0.15) is 97.0 Å². The summed E-state index contributed by atoms with van der Waals surface area (Å²) in [5.74, 6) is 6.19. The average Bonchev–Trinajstić information content (AvgIpc) is 2.08. The van der Waals surface area contributed by atoms with Gasteiger partial charge in [-0.1, -0.05) is 50.7 Å². The normalized spacial score (nSPS) is 10.8. The first-order chi connectivity index (χ1) is 43.9. The molecule has 0 aliphatic carbocycles. The Labute approximate surface area is 549 Å². The number of ketones is 2. The Kier molecular flexibility index (Phi) is 27.3. The number of hydrogen-bond acceptors (Lipinski definition) is 26. The van der Waals surface area contributed by atoms with E-state index < -0.39 is 6.67 Å². The third-order valence-corrected chi connectivity index (χ3v) is 17.7. The molecule has 0 aliphatic rings. The number of thiazole rings is 3. The Morgan fingerprint density at radius 1 is 0.505 bits per heavy atom. The lowest BCUT2D eigenvalue weighted by Gasteiger charge is -2.11. The molecule has 0 spiro atoms. The summed E-state index contributed by atoms with van der Waals surface area (Å²) in [5, 5.41) is 3.73. The minimum Gasteiger partial charge on any atom is -0.493 e. The van der Waals surface area contributed by atoms with E-state index in [1.54, 1.807) is 84.8 Å². The molecule has 0 bridgehead atoms. The molecule has 0 atom stereocenters. The SMILES string of the molecule is CCCOc1cc(-c2nc(COc3nccc(N)n3)c(C)s2)ccc1OC.CCCOc1cc(-c2nc(CSc3nc(N)cc(N)n3)c(CCC)s2)ccc1OC.COc1ccc(-c2nc(CSc3nc(CC(C)=O)cc(CC(C)=O)n3)c(C)s2)cc1OCCF. The maximum atomic E-state index is 12.6. The van der Waals surface area contributed by atoms with Crippen molar-refractivity contribution in [1.29, 1.82) is 0 Å². The quantitative estimate of drug-likeness (QED) is 0.0278. The molecule has 482 valence electrons. The maximum Gasteiger partial charge on any atom is 0.318 e. The molecule has 6 heterocycles. The number of hydrogen-bond donors (Lipinski definition) is 3. The Morgan fingerprint density at radius 2 is 0.967 bits per heavy atom. The first kappa shape index (κ1) is 70.2. The second-order valence-corrected chi connectivity index (χ2v) is 25.4. The Balaban J connectivity index is 0.000000195. The highest BCUT2D eigenvalue weighted by molar-refractivity contribution is 7.98. The maximum absolute atomic E-state index is 12.6.